The van der Waals surface area contributed by atoms with Gasteiger partial charge in [0, 0.05) is 0 Å². The van der Waals surface area contributed by atoms with Crippen LogP contribution < -0.4 is 10.9 Å². The number of nitroso groups, excluding NO2 is 2. The van der Waals surface area contributed by atoms with Crippen LogP contribution in [0.25, 0.3) is 0 Å². The van der Waals surface area contributed by atoms with Crippen molar-refractivity contribution in [1.82, 2.24) is 15.8 Å². The van der Waals surface area contributed by atoms with Gasteiger partial charge in [-0.1, -0.05) is 16.4 Å². The minimum absolute atomic E-state index is 0.397. The molecule has 2 amide bonds. The van der Waals surface area contributed by atoms with Gasteiger partial charge in [-0.05, 0) is 39.8 Å². The van der Waals surface area contributed by atoms with E-state index in [1.807, 2.05) is 0 Å². The number of aromatic nitrogens is 1. The lowest BCUT2D eigenvalue weighted by Crippen LogP contribution is -2.28. The van der Waals surface area contributed by atoms with E-state index in [2.05, 4.69) is 36.4 Å². The number of carbonyl (C=O) groups is 2. The summed E-state index contributed by atoms with van der Waals surface area (Å²) in [5.74, 6) is -1.26. The van der Waals surface area contributed by atoms with Gasteiger partial charge in [-0.15, -0.1) is 9.81 Å². The van der Waals surface area contributed by atoms with Crippen LogP contribution in [0.1, 0.15) is 39.1 Å². The monoisotopic (exact) mass is 361 g/mol. The molecule has 0 bridgehead atoms. The molecule has 1 aromatic rings. The molecule has 0 aliphatic carbocycles. The third kappa shape index (κ3) is 5.92. The van der Waals surface area contributed by atoms with Gasteiger partial charge in [0.05, 0.1) is 22.8 Å². The molecule has 0 aromatic carbocycles. The van der Waals surface area contributed by atoms with E-state index in [0.717, 1.165) is 0 Å². The summed E-state index contributed by atoms with van der Waals surface area (Å²) < 4.78 is 0. The van der Waals surface area contributed by atoms with Gasteiger partial charge >= 0.3 is 0 Å². The molecule has 0 saturated heterocycles. The lowest BCUT2D eigenvalue weighted by atomic mass is 10.2. The van der Waals surface area contributed by atoms with Crippen molar-refractivity contribution in [2.45, 2.75) is 39.8 Å². The SMILES string of the molecule is CC(=NNC(=O)C(C)N=O)c1cccc(C(C)=NNC(=O)C(C)N=O)n1. The summed E-state index contributed by atoms with van der Waals surface area (Å²) in [6, 6.07) is 2.93. The van der Waals surface area contributed by atoms with Crippen molar-refractivity contribution < 1.29 is 9.59 Å². The van der Waals surface area contributed by atoms with E-state index in [9.17, 15) is 19.4 Å². The maximum atomic E-state index is 11.5. The summed E-state index contributed by atoms with van der Waals surface area (Å²) >= 11 is 0. The van der Waals surface area contributed by atoms with Crippen molar-refractivity contribution in [3.8, 4) is 0 Å². The first-order chi connectivity index (χ1) is 12.3. The average molecular weight is 361 g/mol. The molecule has 0 aliphatic heterocycles. The fourth-order valence-corrected chi connectivity index (χ4v) is 1.51. The number of nitrogens with zero attached hydrogens (tertiary/aromatic N) is 5. The molecule has 11 nitrogen and oxygen atoms in total. The molecule has 0 radical (unpaired) electrons. The number of pyridine rings is 1. The van der Waals surface area contributed by atoms with Crippen LogP contribution in [0.3, 0.4) is 0 Å². The molecular formula is C15H19N7O4. The number of amides is 2. The van der Waals surface area contributed by atoms with Crippen LogP contribution in [0.5, 0.6) is 0 Å². The second kappa shape index (κ2) is 9.81. The second-order valence-electron chi connectivity index (χ2n) is 5.32. The molecule has 2 N–H and O–H groups in total. The summed E-state index contributed by atoms with van der Waals surface area (Å²) in [7, 11) is 0. The highest BCUT2D eigenvalue weighted by atomic mass is 16.3. The minimum Gasteiger partial charge on any atom is -0.271 e. The zero-order valence-electron chi connectivity index (χ0n) is 14.8. The standard InChI is InChI=1S/C15H19N7O4/c1-8(17-19-14(23)10(3)21-25)12-6-5-7-13(16-12)9(2)18-20-15(24)11(4)22-26/h5-7,10-11H,1-4H3,(H,19,23)(H,20,24). The Balaban J connectivity index is 2.89. The summed E-state index contributed by atoms with van der Waals surface area (Å²) in [6.45, 7) is 5.94. The van der Waals surface area contributed by atoms with Gasteiger partial charge < -0.3 is 0 Å². The highest BCUT2D eigenvalue weighted by Crippen LogP contribution is 2.03. The van der Waals surface area contributed by atoms with Crippen molar-refractivity contribution >= 4 is 23.2 Å². The molecule has 138 valence electrons. The third-order valence-electron chi connectivity index (χ3n) is 3.23. The highest BCUT2D eigenvalue weighted by Gasteiger charge is 2.13. The number of hydrazone groups is 2. The molecular weight excluding hydrogens is 342 g/mol. The lowest BCUT2D eigenvalue weighted by molar-refractivity contribution is -0.122. The van der Waals surface area contributed by atoms with E-state index in [1.54, 1.807) is 32.0 Å². The van der Waals surface area contributed by atoms with Gasteiger partial charge in [0.1, 0.15) is 0 Å². The molecule has 1 rings (SSSR count). The van der Waals surface area contributed by atoms with Crippen molar-refractivity contribution in [2.24, 2.45) is 20.6 Å². The second-order valence-corrected chi connectivity index (χ2v) is 5.32. The van der Waals surface area contributed by atoms with Crippen LogP contribution in [-0.4, -0.2) is 40.3 Å². The molecule has 0 aliphatic rings. The van der Waals surface area contributed by atoms with Crippen LogP contribution in [0.4, 0.5) is 0 Å². The van der Waals surface area contributed by atoms with Gasteiger partial charge in [-0.2, -0.15) is 10.2 Å². The molecule has 1 heterocycles. The largest absolute Gasteiger partial charge is 0.271 e. The first-order valence-electron chi connectivity index (χ1n) is 7.61. The van der Waals surface area contributed by atoms with Gasteiger partial charge in [0.2, 0.25) is 0 Å². The summed E-state index contributed by atoms with van der Waals surface area (Å²) in [6.07, 6.45) is 0. The lowest BCUT2D eigenvalue weighted by Gasteiger charge is -2.06. The molecule has 26 heavy (non-hydrogen) atoms. The van der Waals surface area contributed by atoms with Crippen LogP contribution in [0.15, 0.2) is 38.8 Å². The first-order valence-corrected chi connectivity index (χ1v) is 7.61. The van der Waals surface area contributed by atoms with Crippen molar-refractivity contribution in [2.75, 3.05) is 0 Å². The number of hydrogen-bond donors (Lipinski definition) is 2. The Morgan fingerprint density at radius 1 is 0.885 bits per heavy atom. The van der Waals surface area contributed by atoms with Gasteiger partial charge in [-0.25, -0.2) is 15.8 Å². The highest BCUT2D eigenvalue weighted by molar-refractivity contribution is 6.01. The first kappa shape index (κ1) is 20.7. The quantitative estimate of drug-likeness (QED) is 0.402. The fraction of sp³-hybridized carbons (Fsp3) is 0.400. The number of hydrogen-bond acceptors (Lipinski definition) is 9. The normalized spacial score (nSPS) is 14.2. The van der Waals surface area contributed by atoms with Crippen LogP contribution in [-0.2, 0) is 9.59 Å². The number of carbonyl (C=O) groups excluding carboxylic acids is 2. The van der Waals surface area contributed by atoms with E-state index < -0.39 is 23.9 Å². The zero-order valence-corrected chi connectivity index (χ0v) is 14.8. The average Bonchev–Trinajstić information content (AvgIpc) is 2.68. The topological polar surface area (TPSA) is 155 Å². The predicted molar refractivity (Wildman–Crippen MR) is 95.5 cm³/mol. The third-order valence-corrected chi connectivity index (χ3v) is 3.23. The van der Waals surface area contributed by atoms with E-state index in [1.165, 1.54) is 13.8 Å². The zero-order chi connectivity index (χ0) is 19.7. The van der Waals surface area contributed by atoms with E-state index in [4.69, 9.17) is 0 Å². The van der Waals surface area contributed by atoms with E-state index >= 15 is 0 Å². The van der Waals surface area contributed by atoms with E-state index in [-0.39, 0.29) is 0 Å². The predicted octanol–water partition coefficient (Wildman–Crippen LogP) is 1.07. The van der Waals surface area contributed by atoms with Gasteiger partial charge in [0.25, 0.3) is 11.8 Å². The summed E-state index contributed by atoms with van der Waals surface area (Å²) in [5, 5.41) is 13.0. The minimum atomic E-state index is -1.05. The van der Waals surface area contributed by atoms with Crippen molar-refractivity contribution in [3.05, 3.63) is 39.4 Å². The summed E-state index contributed by atoms with van der Waals surface area (Å²) in [5.41, 5.74) is 6.16. The van der Waals surface area contributed by atoms with Crippen molar-refractivity contribution in [1.29, 1.82) is 0 Å². The molecule has 0 spiro atoms. The number of nitrogens with one attached hydrogen (secondary N) is 2. The maximum Gasteiger partial charge on any atom is 0.268 e. The Kier molecular flexibility index (Phi) is 7.80. The van der Waals surface area contributed by atoms with Crippen molar-refractivity contribution in [3.63, 3.8) is 0 Å². The molecule has 1 aromatic heterocycles. The van der Waals surface area contributed by atoms with E-state index in [0.29, 0.717) is 22.8 Å². The maximum absolute atomic E-state index is 11.5. The molecule has 0 saturated carbocycles. The fourth-order valence-electron chi connectivity index (χ4n) is 1.51. The van der Waals surface area contributed by atoms with Crippen LogP contribution in [0.2, 0.25) is 0 Å². The Morgan fingerprint density at radius 3 is 1.62 bits per heavy atom. The molecule has 0 fully saturated rings. The molecule has 2 atom stereocenters. The molecule has 2 unspecified atom stereocenters. The van der Waals surface area contributed by atoms with Crippen LogP contribution in [0, 0.1) is 9.81 Å². The van der Waals surface area contributed by atoms with Gasteiger partial charge in [-0.3, -0.25) is 9.59 Å². The Morgan fingerprint density at radius 2 is 1.27 bits per heavy atom. The molecule has 11 heteroatoms. The number of rotatable bonds is 8. The Bertz CT molecular complexity index is 701. The Labute approximate surface area is 149 Å². The summed E-state index contributed by atoms with van der Waals surface area (Å²) in [4.78, 5) is 47.9. The van der Waals surface area contributed by atoms with Crippen LogP contribution >= 0.6 is 0 Å². The smallest absolute Gasteiger partial charge is 0.268 e. The van der Waals surface area contributed by atoms with Gasteiger partial charge in [0.15, 0.2) is 12.1 Å². The Hall–Kier alpha value is -3.37.